The van der Waals surface area contributed by atoms with Crippen LogP contribution in [0, 0.1) is 6.92 Å². The third-order valence-electron chi connectivity index (χ3n) is 5.03. The zero-order chi connectivity index (χ0) is 21.4. The maximum absolute atomic E-state index is 12.6. The van der Waals surface area contributed by atoms with E-state index in [2.05, 4.69) is 10.6 Å². The second-order valence-corrected chi connectivity index (χ2v) is 8.90. The normalized spacial score (nSPS) is 12.7. The smallest absolute Gasteiger partial charge is 0.243 e. The average molecular weight is 418 g/mol. The number of hydrogen-bond donors (Lipinski definition) is 2. The summed E-state index contributed by atoms with van der Waals surface area (Å²) in [4.78, 5) is 12.4. The van der Waals surface area contributed by atoms with Crippen molar-refractivity contribution in [2.24, 2.45) is 0 Å². The fraction of sp³-hybridized carbons (Fsp3) is 0.409. The summed E-state index contributed by atoms with van der Waals surface area (Å²) in [6.07, 6.45) is 0. The summed E-state index contributed by atoms with van der Waals surface area (Å²) in [7, 11) is -3.46. The fourth-order valence-electron chi connectivity index (χ4n) is 3.07. The quantitative estimate of drug-likeness (QED) is 0.623. The third-order valence-corrected chi connectivity index (χ3v) is 7.09. The third kappa shape index (κ3) is 6.13. The minimum absolute atomic E-state index is 0.0792. The predicted octanol–water partition coefficient (Wildman–Crippen LogP) is 2.99. The highest BCUT2D eigenvalue weighted by Gasteiger charge is 2.21. The number of rotatable bonds is 10. The molecule has 158 valence electrons. The molecule has 0 fully saturated rings. The van der Waals surface area contributed by atoms with Crippen molar-refractivity contribution in [3.8, 4) is 0 Å². The van der Waals surface area contributed by atoms with Gasteiger partial charge in [-0.25, -0.2) is 8.42 Å². The van der Waals surface area contributed by atoms with Crippen molar-refractivity contribution in [1.29, 1.82) is 0 Å². The van der Waals surface area contributed by atoms with E-state index in [1.54, 1.807) is 24.3 Å². The Kier molecular flexibility index (Phi) is 8.37. The van der Waals surface area contributed by atoms with Crippen LogP contribution in [0.2, 0.25) is 0 Å². The molecule has 2 aromatic rings. The van der Waals surface area contributed by atoms with Crippen LogP contribution in [0.3, 0.4) is 0 Å². The first kappa shape index (κ1) is 23.1. The molecule has 0 aliphatic rings. The Morgan fingerprint density at radius 1 is 1.03 bits per heavy atom. The molecule has 29 heavy (non-hydrogen) atoms. The van der Waals surface area contributed by atoms with E-state index >= 15 is 0 Å². The van der Waals surface area contributed by atoms with Gasteiger partial charge in [-0.1, -0.05) is 50.2 Å². The Balaban J connectivity index is 1.90. The molecule has 0 aliphatic heterocycles. The lowest BCUT2D eigenvalue weighted by molar-refractivity contribution is -0.120. The lowest BCUT2D eigenvalue weighted by atomic mass is 10.1. The topological polar surface area (TPSA) is 78.5 Å². The van der Waals surface area contributed by atoms with Gasteiger partial charge in [0.1, 0.15) is 0 Å². The number of sulfonamides is 1. The Labute approximate surface area is 174 Å². The van der Waals surface area contributed by atoms with E-state index in [0.29, 0.717) is 19.6 Å². The Bertz CT molecular complexity index is 907. The van der Waals surface area contributed by atoms with Gasteiger partial charge >= 0.3 is 0 Å². The SMILES string of the molecule is CCN(CC)S(=O)(=O)c1ccc([C@@H](C)NCC(=O)NCc2ccccc2C)cc1. The molecular weight excluding hydrogens is 386 g/mol. The summed E-state index contributed by atoms with van der Waals surface area (Å²) < 4.78 is 26.6. The van der Waals surface area contributed by atoms with Crippen molar-refractivity contribution in [3.05, 3.63) is 65.2 Å². The van der Waals surface area contributed by atoms with Crippen LogP contribution in [0.15, 0.2) is 53.4 Å². The number of amides is 1. The summed E-state index contributed by atoms with van der Waals surface area (Å²) in [5.74, 6) is -0.0826. The molecule has 2 N–H and O–H groups in total. The summed E-state index contributed by atoms with van der Waals surface area (Å²) in [5, 5.41) is 6.10. The molecule has 0 bridgehead atoms. The van der Waals surface area contributed by atoms with Crippen molar-refractivity contribution in [1.82, 2.24) is 14.9 Å². The van der Waals surface area contributed by atoms with E-state index in [4.69, 9.17) is 0 Å². The highest BCUT2D eigenvalue weighted by molar-refractivity contribution is 7.89. The molecular formula is C22H31N3O3S. The first-order chi connectivity index (χ1) is 13.8. The van der Waals surface area contributed by atoms with E-state index < -0.39 is 10.0 Å². The number of aryl methyl sites for hydroxylation is 1. The van der Waals surface area contributed by atoms with Gasteiger partial charge in [0.25, 0.3) is 0 Å². The molecule has 0 heterocycles. The van der Waals surface area contributed by atoms with Gasteiger partial charge < -0.3 is 10.6 Å². The summed E-state index contributed by atoms with van der Waals surface area (Å²) in [6, 6.07) is 14.7. The van der Waals surface area contributed by atoms with Gasteiger partial charge in [-0.05, 0) is 42.7 Å². The number of nitrogens with zero attached hydrogens (tertiary/aromatic N) is 1. The standard InChI is InChI=1S/C22H31N3O3S/c1-5-25(6-2)29(27,28)21-13-11-19(12-14-21)18(4)23-16-22(26)24-15-20-10-8-7-9-17(20)3/h7-14,18,23H,5-6,15-16H2,1-4H3,(H,24,26)/t18-/m1/s1. The average Bonchev–Trinajstić information content (AvgIpc) is 2.72. The molecule has 0 aliphatic carbocycles. The van der Waals surface area contributed by atoms with Gasteiger partial charge in [-0.3, -0.25) is 4.79 Å². The van der Waals surface area contributed by atoms with Crippen LogP contribution >= 0.6 is 0 Å². The summed E-state index contributed by atoms with van der Waals surface area (Å²) in [6.45, 7) is 9.18. The lowest BCUT2D eigenvalue weighted by Crippen LogP contribution is -2.34. The van der Waals surface area contributed by atoms with Crippen LogP contribution in [-0.2, 0) is 21.4 Å². The van der Waals surface area contributed by atoms with Gasteiger partial charge in [-0.15, -0.1) is 0 Å². The Morgan fingerprint density at radius 3 is 2.24 bits per heavy atom. The van der Waals surface area contributed by atoms with E-state index in [1.807, 2.05) is 52.0 Å². The van der Waals surface area contributed by atoms with E-state index in [0.717, 1.165) is 16.7 Å². The zero-order valence-electron chi connectivity index (χ0n) is 17.6. The van der Waals surface area contributed by atoms with Crippen molar-refractivity contribution in [3.63, 3.8) is 0 Å². The van der Waals surface area contributed by atoms with E-state index in [1.165, 1.54) is 4.31 Å². The molecule has 0 spiro atoms. The van der Waals surface area contributed by atoms with Gasteiger partial charge in [-0.2, -0.15) is 4.31 Å². The summed E-state index contributed by atoms with van der Waals surface area (Å²) >= 11 is 0. The molecule has 0 saturated carbocycles. The van der Waals surface area contributed by atoms with Crippen LogP contribution in [-0.4, -0.2) is 38.3 Å². The lowest BCUT2D eigenvalue weighted by Gasteiger charge is -2.19. The molecule has 1 amide bonds. The van der Waals surface area contributed by atoms with Crippen LogP contribution in [0.25, 0.3) is 0 Å². The molecule has 0 radical (unpaired) electrons. The molecule has 7 heteroatoms. The van der Waals surface area contributed by atoms with Crippen molar-refractivity contribution < 1.29 is 13.2 Å². The first-order valence-corrected chi connectivity index (χ1v) is 11.4. The van der Waals surface area contributed by atoms with Crippen LogP contribution < -0.4 is 10.6 Å². The highest BCUT2D eigenvalue weighted by Crippen LogP contribution is 2.19. The highest BCUT2D eigenvalue weighted by atomic mass is 32.2. The number of benzene rings is 2. The van der Waals surface area contributed by atoms with Gasteiger partial charge in [0.2, 0.25) is 15.9 Å². The fourth-order valence-corrected chi connectivity index (χ4v) is 4.53. The number of carbonyl (C=O) groups excluding carboxylic acids is 1. The monoisotopic (exact) mass is 417 g/mol. The molecule has 2 aromatic carbocycles. The molecule has 0 saturated heterocycles. The molecule has 1 atom stereocenters. The van der Waals surface area contributed by atoms with Gasteiger partial charge in [0.15, 0.2) is 0 Å². The largest absolute Gasteiger partial charge is 0.351 e. The maximum atomic E-state index is 12.6. The molecule has 0 unspecified atom stereocenters. The zero-order valence-corrected chi connectivity index (χ0v) is 18.4. The number of hydrogen-bond acceptors (Lipinski definition) is 4. The Morgan fingerprint density at radius 2 is 1.66 bits per heavy atom. The second-order valence-electron chi connectivity index (χ2n) is 6.96. The van der Waals surface area contributed by atoms with Gasteiger partial charge in [0.05, 0.1) is 11.4 Å². The van der Waals surface area contributed by atoms with Crippen LogP contribution in [0.5, 0.6) is 0 Å². The Hall–Kier alpha value is -2.22. The van der Waals surface area contributed by atoms with E-state index in [9.17, 15) is 13.2 Å². The summed E-state index contributed by atoms with van der Waals surface area (Å²) in [5.41, 5.74) is 3.17. The second kappa shape index (κ2) is 10.5. The van der Waals surface area contributed by atoms with Crippen LogP contribution in [0.1, 0.15) is 43.5 Å². The minimum Gasteiger partial charge on any atom is -0.351 e. The number of carbonyl (C=O) groups is 1. The predicted molar refractivity (Wildman–Crippen MR) is 116 cm³/mol. The molecule has 0 aromatic heterocycles. The first-order valence-electron chi connectivity index (χ1n) is 9.94. The minimum atomic E-state index is -3.46. The molecule has 6 nitrogen and oxygen atoms in total. The maximum Gasteiger partial charge on any atom is 0.243 e. The van der Waals surface area contributed by atoms with E-state index in [-0.39, 0.29) is 23.4 Å². The van der Waals surface area contributed by atoms with Crippen molar-refractivity contribution >= 4 is 15.9 Å². The number of nitrogens with one attached hydrogen (secondary N) is 2. The van der Waals surface area contributed by atoms with Crippen LogP contribution in [0.4, 0.5) is 0 Å². The molecule has 2 rings (SSSR count). The van der Waals surface area contributed by atoms with Gasteiger partial charge in [0, 0.05) is 25.7 Å². The van der Waals surface area contributed by atoms with Crippen molar-refractivity contribution in [2.75, 3.05) is 19.6 Å². The van der Waals surface area contributed by atoms with Crippen molar-refractivity contribution in [2.45, 2.75) is 45.2 Å².